The SMILES string of the molecule is C.CNC.Cl.[2H]C([2H])(Br)COC(c1ccccc1)c1ccnn1C.[2H]C([2H])(COC(c1ccccc1)c1ccnn1C)N(C)C. The van der Waals surface area contributed by atoms with Crippen molar-refractivity contribution in [3.8, 4) is 0 Å². The number of alkyl halides is 1. The summed E-state index contributed by atoms with van der Waals surface area (Å²) in [6.45, 7) is -1.59. The molecule has 0 aliphatic heterocycles. The van der Waals surface area contributed by atoms with Gasteiger partial charge in [0, 0.05) is 43.8 Å². The fourth-order valence-corrected chi connectivity index (χ4v) is 3.74. The highest BCUT2D eigenvalue weighted by Gasteiger charge is 2.18. The molecule has 2 atom stereocenters. The lowest BCUT2D eigenvalue weighted by Gasteiger charge is -2.20. The highest BCUT2D eigenvalue weighted by molar-refractivity contribution is 9.09. The molecule has 0 amide bonds. The van der Waals surface area contributed by atoms with E-state index in [0.29, 0.717) is 0 Å². The highest BCUT2D eigenvalue weighted by atomic mass is 79.9. The smallest absolute Gasteiger partial charge is 0.124 e. The number of rotatable bonds is 11. The van der Waals surface area contributed by atoms with Gasteiger partial charge >= 0.3 is 0 Å². The van der Waals surface area contributed by atoms with Crippen molar-refractivity contribution >= 4 is 28.3 Å². The molecule has 1 N–H and O–H groups in total. The summed E-state index contributed by atoms with van der Waals surface area (Å²) >= 11 is 2.95. The van der Waals surface area contributed by atoms with Crippen molar-refractivity contribution in [1.29, 1.82) is 0 Å². The largest absolute Gasteiger partial charge is 0.366 e. The first-order valence-electron chi connectivity index (χ1n) is 14.5. The summed E-state index contributed by atoms with van der Waals surface area (Å²) in [5.74, 6) is 0. The summed E-state index contributed by atoms with van der Waals surface area (Å²) in [7, 11) is 10.8. The van der Waals surface area contributed by atoms with E-state index in [4.69, 9.17) is 15.0 Å². The van der Waals surface area contributed by atoms with E-state index >= 15 is 0 Å². The predicted octanol–water partition coefficient (Wildman–Crippen LogP) is 5.90. The fourth-order valence-electron chi connectivity index (χ4n) is 3.61. The summed E-state index contributed by atoms with van der Waals surface area (Å²) in [6.07, 6.45) is 2.75. The maximum absolute atomic E-state index is 7.96. The topological polar surface area (TPSA) is 69.4 Å². The summed E-state index contributed by atoms with van der Waals surface area (Å²) in [5, 5.41) is 9.52. The van der Waals surface area contributed by atoms with E-state index in [0.717, 1.165) is 22.5 Å². The molecule has 0 spiro atoms. The molecule has 2 heterocycles. The van der Waals surface area contributed by atoms with Gasteiger partial charge in [-0.1, -0.05) is 84.0 Å². The maximum Gasteiger partial charge on any atom is 0.124 e. The van der Waals surface area contributed by atoms with Crippen molar-refractivity contribution in [3.63, 3.8) is 0 Å². The normalized spacial score (nSPS) is 13.8. The molecule has 228 valence electrons. The Kier molecular flexibility index (Phi) is 16.9. The Morgan fingerprint density at radius 1 is 0.805 bits per heavy atom. The number of halogens is 2. The molecule has 0 saturated carbocycles. The lowest BCUT2D eigenvalue weighted by Crippen LogP contribution is -2.20. The summed E-state index contributed by atoms with van der Waals surface area (Å²) in [6, 6.07) is 23.3. The number of nitrogens with one attached hydrogen (secondary N) is 1. The van der Waals surface area contributed by atoms with Crippen LogP contribution in [-0.2, 0) is 23.6 Å². The number of benzene rings is 2. The minimum atomic E-state index is -1.54. The van der Waals surface area contributed by atoms with Crippen LogP contribution < -0.4 is 5.32 Å². The second-order valence-electron chi connectivity index (χ2n) is 8.65. The van der Waals surface area contributed by atoms with Gasteiger partial charge in [-0.25, -0.2) is 0 Å². The lowest BCUT2D eigenvalue weighted by molar-refractivity contribution is 0.0638. The third kappa shape index (κ3) is 13.3. The second kappa shape index (κ2) is 22.1. The fraction of sp³-hybridized carbons (Fsp3) is 0.419. The van der Waals surface area contributed by atoms with Crippen LogP contribution in [0.15, 0.2) is 85.2 Å². The molecule has 0 aliphatic carbocycles. The molecule has 8 nitrogen and oxygen atoms in total. The van der Waals surface area contributed by atoms with Crippen LogP contribution in [0.5, 0.6) is 0 Å². The number of aryl methyl sites for hydroxylation is 2. The van der Waals surface area contributed by atoms with Gasteiger partial charge in [-0.05, 0) is 51.5 Å². The third-order valence-electron chi connectivity index (χ3n) is 5.39. The van der Waals surface area contributed by atoms with Crippen molar-refractivity contribution in [2.24, 2.45) is 14.1 Å². The van der Waals surface area contributed by atoms with Gasteiger partial charge in [0.1, 0.15) is 12.2 Å². The van der Waals surface area contributed by atoms with Crippen LogP contribution in [0.2, 0.25) is 0 Å². The van der Waals surface area contributed by atoms with E-state index in [-0.39, 0.29) is 45.3 Å². The molecule has 0 aliphatic rings. The molecule has 10 heteroatoms. The molecule has 4 rings (SSSR count). The van der Waals surface area contributed by atoms with Gasteiger partial charge in [0.2, 0.25) is 0 Å². The van der Waals surface area contributed by atoms with E-state index < -0.39 is 11.8 Å². The number of likely N-dealkylation sites (N-methyl/N-ethyl adjacent to an activating group) is 1. The number of aromatic nitrogens is 4. The van der Waals surface area contributed by atoms with Crippen LogP contribution in [0.25, 0.3) is 0 Å². The van der Waals surface area contributed by atoms with Crippen LogP contribution in [0.4, 0.5) is 0 Å². The van der Waals surface area contributed by atoms with Gasteiger partial charge in [0.15, 0.2) is 0 Å². The third-order valence-corrected chi connectivity index (χ3v) is 5.62. The molecule has 0 bridgehead atoms. The zero-order chi connectivity index (χ0) is 32.0. The van der Waals surface area contributed by atoms with E-state index in [2.05, 4.69) is 31.4 Å². The minimum absolute atomic E-state index is 0. The monoisotopic (exact) mass is 654 g/mol. The molecular formula is C31H48BrClN6O2. The number of nitrogens with zero attached hydrogens (tertiary/aromatic N) is 5. The Morgan fingerprint density at radius 2 is 1.20 bits per heavy atom. The Hall–Kier alpha value is -2.53. The van der Waals surface area contributed by atoms with Gasteiger partial charge < -0.3 is 19.7 Å². The van der Waals surface area contributed by atoms with E-state index in [9.17, 15) is 0 Å². The Balaban J connectivity index is 0.000000763. The number of hydrogen-bond donors (Lipinski definition) is 1. The van der Waals surface area contributed by atoms with Crippen molar-refractivity contribution in [2.45, 2.75) is 19.6 Å². The Labute approximate surface area is 267 Å². The standard InChI is InChI=1S/C15H21N3O.C13H15BrN2O.C2H7N.CH4.ClH/c1-17(2)11-12-19-15(13-7-5-4-6-8-13)14-9-10-16-18(14)3;1-16-12(7-9-15-16)13(17-10-8-14)11-5-3-2-4-6-11;1-3-2;;/h4-10,15H,11-12H2,1-3H3;2-7,9,13H,8,10H2,1H3;3H,1-2H3;1H4;1H/i11D2;8D2;;;. The lowest BCUT2D eigenvalue weighted by atomic mass is 10.1. The molecule has 41 heavy (non-hydrogen) atoms. The van der Waals surface area contributed by atoms with Gasteiger partial charge in [0.25, 0.3) is 0 Å². The van der Waals surface area contributed by atoms with Gasteiger partial charge in [-0.2, -0.15) is 10.2 Å². The van der Waals surface area contributed by atoms with Crippen molar-refractivity contribution in [3.05, 3.63) is 108 Å². The zero-order valence-electron chi connectivity index (χ0n) is 28.0. The van der Waals surface area contributed by atoms with E-state index in [1.54, 1.807) is 35.9 Å². The Morgan fingerprint density at radius 3 is 1.51 bits per heavy atom. The molecular weight excluding hydrogens is 604 g/mol. The van der Waals surface area contributed by atoms with E-state index in [1.165, 1.54) is 4.90 Å². The Bertz CT molecular complexity index is 1320. The quantitative estimate of drug-likeness (QED) is 0.203. The van der Waals surface area contributed by atoms with Crippen molar-refractivity contribution in [2.75, 3.05) is 53.2 Å². The van der Waals surface area contributed by atoms with E-state index in [1.807, 2.05) is 101 Å². The first-order valence-corrected chi connectivity index (χ1v) is 13.3. The van der Waals surface area contributed by atoms with Crippen molar-refractivity contribution in [1.82, 2.24) is 29.8 Å². The van der Waals surface area contributed by atoms with Gasteiger partial charge in [-0.15, -0.1) is 12.4 Å². The number of hydrogen-bond acceptors (Lipinski definition) is 6. The summed E-state index contributed by atoms with van der Waals surface area (Å²) in [4.78, 5) is 1.51. The molecule has 4 aromatic rings. The number of ether oxygens (including phenoxy) is 2. The second-order valence-corrected chi connectivity index (χ2v) is 9.21. The molecule has 2 unspecified atom stereocenters. The maximum atomic E-state index is 7.96. The van der Waals surface area contributed by atoms with Crippen LogP contribution >= 0.6 is 28.3 Å². The van der Waals surface area contributed by atoms with Crippen molar-refractivity contribution < 1.29 is 15.0 Å². The highest BCUT2D eigenvalue weighted by Crippen LogP contribution is 2.26. The summed E-state index contributed by atoms with van der Waals surface area (Å²) < 4.78 is 46.1. The predicted molar refractivity (Wildman–Crippen MR) is 176 cm³/mol. The van der Waals surface area contributed by atoms with Crippen LogP contribution in [-0.4, -0.2) is 77.6 Å². The molecule has 2 aromatic carbocycles. The average Bonchev–Trinajstić information content (AvgIpc) is 3.58. The minimum Gasteiger partial charge on any atom is -0.366 e. The first-order chi connectivity index (χ1) is 20.3. The zero-order valence-corrected chi connectivity index (χ0v) is 26.4. The molecule has 0 saturated heterocycles. The van der Waals surface area contributed by atoms with Gasteiger partial charge in [-0.3, -0.25) is 9.36 Å². The average molecular weight is 656 g/mol. The van der Waals surface area contributed by atoms with Crippen LogP contribution in [0, 0.1) is 0 Å². The van der Waals surface area contributed by atoms with Gasteiger partial charge in [0.05, 0.1) is 24.6 Å². The van der Waals surface area contributed by atoms with Crippen LogP contribution in [0.3, 0.4) is 0 Å². The summed E-state index contributed by atoms with van der Waals surface area (Å²) in [5.41, 5.74) is 3.75. The molecule has 0 radical (unpaired) electrons. The first kappa shape index (κ1) is 31.4. The van der Waals surface area contributed by atoms with Crippen LogP contribution in [0.1, 0.15) is 47.6 Å². The molecule has 0 fully saturated rings. The molecule has 2 aromatic heterocycles.